The maximum absolute atomic E-state index is 12.8. The van der Waals surface area contributed by atoms with Gasteiger partial charge in [0, 0.05) is 24.7 Å². The fourth-order valence-electron chi connectivity index (χ4n) is 3.46. The first-order chi connectivity index (χ1) is 12.0. The third-order valence-corrected chi connectivity index (χ3v) is 6.95. The van der Waals surface area contributed by atoms with E-state index in [4.69, 9.17) is 11.6 Å². The first-order valence-corrected chi connectivity index (χ1v) is 10.6. The topological polar surface area (TPSA) is 78.5 Å². The second-order valence-corrected chi connectivity index (χ2v) is 9.10. The Morgan fingerprint density at radius 3 is 2.81 bits per heavy atom. The molecule has 146 valence electrons. The Balaban J connectivity index is 0.00000243. The van der Waals surface area contributed by atoms with Crippen LogP contribution in [0.2, 0.25) is 5.02 Å². The van der Waals surface area contributed by atoms with Crippen LogP contribution in [0.4, 0.5) is 0 Å². The number of carbonyl (C=O) groups is 1. The molecule has 26 heavy (non-hydrogen) atoms. The highest BCUT2D eigenvalue weighted by Gasteiger charge is 2.31. The molecular formula is C17H25Cl2N3O3S. The second kappa shape index (κ2) is 9.37. The van der Waals surface area contributed by atoms with Gasteiger partial charge in [-0.25, -0.2) is 8.42 Å². The van der Waals surface area contributed by atoms with Crippen LogP contribution in [0.5, 0.6) is 0 Å². The number of nitrogens with zero attached hydrogens (tertiary/aromatic N) is 1. The summed E-state index contributed by atoms with van der Waals surface area (Å²) in [7, 11) is -3.55. The lowest BCUT2D eigenvalue weighted by Gasteiger charge is -2.32. The molecule has 1 aromatic carbocycles. The van der Waals surface area contributed by atoms with Crippen molar-refractivity contribution in [3.8, 4) is 0 Å². The summed E-state index contributed by atoms with van der Waals surface area (Å²) >= 11 is 5.93. The Hall–Kier alpha value is -0.860. The highest BCUT2D eigenvalue weighted by atomic mass is 35.5. The van der Waals surface area contributed by atoms with Gasteiger partial charge < -0.3 is 10.6 Å². The maximum Gasteiger partial charge on any atom is 0.243 e. The minimum Gasteiger partial charge on any atom is -0.354 e. The number of nitrogens with one attached hydrogen (secondary N) is 2. The zero-order valence-electron chi connectivity index (χ0n) is 14.5. The van der Waals surface area contributed by atoms with Gasteiger partial charge in [-0.15, -0.1) is 12.4 Å². The molecule has 1 amide bonds. The van der Waals surface area contributed by atoms with Crippen LogP contribution in [0.1, 0.15) is 25.7 Å². The summed E-state index contributed by atoms with van der Waals surface area (Å²) in [5, 5.41) is 6.55. The summed E-state index contributed by atoms with van der Waals surface area (Å²) in [6.07, 6.45) is 3.60. The average molecular weight is 422 g/mol. The van der Waals surface area contributed by atoms with Crippen LogP contribution in [0, 0.1) is 5.92 Å². The van der Waals surface area contributed by atoms with E-state index >= 15 is 0 Å². The lowest BCUT2D eigenvalue weighted by molar-refractivity contribution is -0.123. The largest absolute Gasteiger partial charge is 0.354 e. The highest BCUT2D eigenvalue weighted by molar-refractivity contribution is 7.89. The highest BCUT2D eigenvalue weighted by Crippen LogP contribution is 2.25. The number of sulfonamides is 1. The molecule has 2 fully saturated rings. The van der Waals surface area contributed by atoms with E-state index in [0.29, 0.717) is 24.7 Å². The summed E-state index contributed by atoms with van der Waals surface area (Å²) in [6.45, 7) is 2.32. The number of carbonyl (C=O) groups excluding carboxylic acids is 1. The Morgan fingerprint density at radius 2 is 2.12 bits per heavy atom. The first kappa shape index (κ1) is 21.4. The fourth-order valence-corrected chi connectivity index (χ4v) is 5.32. The molecule has 1 aromatic rings. The van der Waals surface area contributed by atoms with Crippen LogP contribution in [0.25, 0.3) is 0 Å². The molecule has 0 aromatic heterocycles. The van der Waals surface area contributed by atoms with Gasteiger partial charge in [-0.2, -0.15) is 4.31 Å². The minimum absolute atomic E-state index is 0. The Bertz CT molecular complexity index is 724. The van der Waals surface area contributed by atoms with Gasteiger partial charge in [0.05, 0.1) is 10.9 Å². The van der Waals surface area contributed by atoms with Gasteiger partial charge in [-0.3, -0.25) is 4.79 Å². The molecular weight excluding hydrogens is 397 g/mol. The smallest absolute Gasteiger partial charge is 0.243 e. The van der Waals surface area contributed by atoms with Crippen LogP contribution in [-0.2, 0) is 14.8 Å². The summed E-state index contributed by atoms with van der Waals surface area (Å²) in [5.41, 5.74) is 0. The molecule has 2 aliphatic heterocycles. The van der Waals surface area contributed by atoms with Crippen molar-refractivity contribution in [1.82, 2.24) is 14.9 Å². The molecule has 2 saturated heterocycles. The Morgan fingerprint density at radius 1 is 1.31 bits per heavy atom. The number of hydrogen-bond acceptors (Lipinski definition) is 4. The normalized spacial score (nSPS) is 24.0. The number of piperidine rings is 1. The molecule has 2 unspecified atom stereocenters. The second-order valence-electron chi connectivity index (χ2n) is 6.72. The lowest BCUT2D eigenvalue weighted by atomic mass is 9.99. The number of hydrogen-bond donors (Lipinski definition) is 2. The number of benzene rings is 1. The predicted molar refractivity (Wildman–Crippen MR) is 104 cm³/mol. The molecule has 3 rings (SSSR count). The van der Waals surface area contributed by atoms with E-state index in [1.54, 1.807) is 18.2 Å². The Kier molecular flexibility index (Phi) is 7.73. The molecule has 0 aliphatic carbocycles. The van der Waals surface area contributed by atoms with Crippen LogP contribution in [-0.4, -0.2) is 50.9 Å². The minimum atomic E-state index is -3.55. The van der Waals surface area contributed by atoms with Crippen LogP contribution in [0.3, 0.4) is 0 Å². The SMILES string of the molecule is Cl.O=C(NCC1CCCN(S(=O)(=O)c2cccc(Cl)c2)C1)C1CCCN1. The molecule has 6 nitrogen and oxygen atoms in total. The van der Waals surface area contributed by atoms with Crippen molar-refractivity contribution in [2.75, 3.05) is 26.2 Å². The third kappa shape index (κ3) is 5.10. The van der Waals surface area contributed by atoms with E-state index in [1.165, 1.54) is 10.4 Å². The number of halogens is 2. The molecule has 2 aliphatic rings. The van der Waals surface area contributed by atoms with Crippen LogP contribution >= 0.6 is 24.0 Å². The van der Waals surface area contributed by atoms with Crippen LogP contribution < -0.4 is 10.6 Å². The van der Waals surface area contributed by atoms with E-state index < -0.39 is 10.0 Å². The van der Waals surface area contributed by atoms with Crippen molar-refractivity contribution >= 4 is 39.9 Å². The standard InChI is InChI=1S/C17H24ClN3O3S.ClH/c18-14-5-1-6-15(10-14)25(23,24)21-9-3-4-13(12-21)11-20-17(22)16-7-2-8-19-16;/h1,5-6,10,13,16,19H,2-4,7-9,11-12H2,(H,20,22);1H. The molecule has 2 atom stereocenters. The van der Waals surface area contributed by atoms with E-state index in [2.05, 4.69) is 10.6 Å². The molecule has 0 spiro atoms. The molecule has 0 radical (unpaired) electrons. The zero-order chi connectivity index (χ0) is 17.9. The third-order valence-electron chi connectivity index (χ3n) is 4.86. The van der Waals surface area contributed by atoms with Crippen molar-refractivity contribution in [2.24, 2.45) is 5.92 Å². The van der Waals surface area contributed by atoms with Crippen molar-refractivity contribution in [3.05, 3.63) is 29.3 Å². The van der Waals surface area contributed by atoms with E-state index in [1.807, 2.05) is 0 Å². The van der Waals surface area contributed by atoms with Gasteiger partial charge in [-0.05, 0) is 56.3 Å². The van der Waals surface area contributed by atoms with Gasteiger partial charge in [0.1, 0.15) is 0 Å². The monoisotopic (exact) mass is 421 g/mol. The lowest BCUT2D eigenvalue weighted by Crippen LogP contribution is -2.46. The summed E-state index contributed by atoms with van der Waals surface area (Å²) in [5.74, 6) is 0.153. The Labute approximate surface area is 166 Å². The van der Waals surface area contributed by atoms with Gasteiger partial charge in [0.2, 0.25) is 15.9 Å². The van der Waals surface area contributed by atoms with E-state index in [9.17, 15) is 13.2 Å². The quantitative estimate of drug-likeness (QED) is 0.761. The van der Waals surface area contributed by atoms with Crippen molar-refractivity contribution in [2.45, 2.75) is 36.6 Å². The number of rotatable bonds is 5. The van der Waals surface area contributed by atoms with Crippen molar-refractivity contribution < 1.29 is 13.2 Å². The molecule has 2 heterocycles. The fraction of sp³-hybridized carbons (Fsp3) is 0.588. The molecule has 0 bridgehead atoms. The van der Waals surface area contributed by atoms with Crippen molar-refractivity contribution in [3.63, 3.8) is 0 Å². The zero-order valence-corrected chi connectivity index (χ0v) is 16.9. The average Bonchev–Trinajstić information content (AvgIpc) is 3.15. The van der Waals surface area contributed by atoms with Crippen molar-refractivity contribution in [1.29, 1.82) is 0 Å². The molecule has 0 saturated carbocycles. The van der Waals surface area contributed by atoms with Crippen LogP contribution in [0.15, 0.2) is 29.2 Å². The van der Waals surface area contributed by atoms with Gasteiger partial charge in [0.15, 0.2) is 0 Å². The predicted octanol–water partition coefficient (Wildman–Crippen LogP) is 2.03. The maximum atomic E-state index is 12.8. The molecule has 2 N–H and O–H groups in total. The van der Waals surface area contributed by atoms with Gasteiger partial charge in [0.25, 0.3) is 0 Å². The first-order valence-electron chi connectivity index (χ1n) is 8.73. The van der Waals surface area contributed by atoms with Gasteiger partial charge >= 0.3 is 0 Å². The van der Waals surface area contributed by atoms with E-state index in [-0.39, 0.29) is 35.2 Å². The van der Waals surface area contributed by atoms with Gasteiger partial charge in [-0.1, -0.05) is 17.7 Å². The summed E-state index contributed by atoms with van der Waals surface area (Å²) in [6, 6.07) is 6.25. The number of amides is 1. The summed E-state index contributed by atoms with van der Waals surface area (Å²) < 4.78 is 27.1. The van der Waals surface area contributed by atoms with E-state index in [0.717, 1.165) is 32.2 Å². The summed E-state index contributed by atoms with van der Waals surface area (Å²) in [4.78, 5) is 12.3. The molecule has 9 heteroatoms.